The molecular formula is C17H27N5OS. The number of hydrogen-bond acceptors (Lipinski definition) is 6. The van der Waals surface area contributed by atoms with Crippen molar-refractivity contribution in [2.75, 3.05) is 38.5 Å². The minimum absolute atomic E-state index is 0.0721. The quantitative estimate of drug-likeness (QED) is 0.618. The zero-order valence-electron chi connectivity index (χ0n) is 14.4. The zero-order valence-corrected chi connectivity index (χ0v) is 15.2. The first kappa shape index (κ1) is 17.6. The normalized spacial score (nSPS) is 22.0. The Morgan fingerprint density at radius 1 is 1.29 bits per heavy atom. The van der Waals surface area contributed by atoms with Gasteiger partial charge >= 0.3 is 0 Å². The number of amides is 1. The third-order valence-corrected chi connectivity index (χ3v) is 5.58. The Morgan fingerprint density at radius 3 is 2.75 bits per heavy atom. The molecule has 7 heteroatoms. The van der Waals surface area contributed by atoms with E-state index in [0.29, 0.717) is 0 Å². The summed E-state index contributed by atoms with van der Waals surface area (Å²) in [4.78, 5) is 25.7. The van der Waals surface area contributed by atoms with Gasteiger partial charge in [0.15, 0.2) is 5.16 Å². The fraction of sp³-hybridized carbons (Fsp3) is 0.706. The molecule has 2 aliphatic heterocycles. The van der Waals surface area contributed by atoms with E-state index in [1.54, 1.807) is 11.8 Å². The Balaban J connectivity index is 1.52. The van der Waals surface area contributed by atoms with Crippen LogP contribution < -0.4 is 5.32 Å². The summed E-state index contributed by atoms with van der Waals surface area (Å²) >= 11 is 1.70. The van der Waals surface area contributed by atoms with Crippen LogP contribution in [0, 0.1) is 0 Å². The van der Waals surface area contributed by atoms with E-state index in [0.717, 1.165) is 75.0 Å². The maximum Gasteiger partial charge on any atom is 0.241 e. The Morgan fingerprint density at radius 2 is 2.04 bits per heavy atom. The number of nitrogens with one attached hydrogen (secondary N) is 1. The number of aromatic nitrogens is 2. The van der Waals surface area contributed by atoms with Crippen LogP contribution in [0.2, 0.25) is 0 Å². The smallest absolute Gasteiger partial charge is 0.241 e. The molecule has 1 atom stereocenters. The average Bonchev–Trinajstić information content (AvgIpc) is 3.15. The Bertz CT molecular complexity index is 532. The third-order valence-electron chi connectivity index (χ3n) is 4.50. The van der Waals surface area contributed by atoms with Gasteiger partial charge in [0.05, 0.1) is 6.04 Å². The molecule has 0 unspecified atom stereocenters. The van der Waals surface area contributed by atoms with Crippen LogP contribution in [0.1, 0.15) is 31.7 Å². The maximum atomic E-state index is 12.6. The van der Waals surface area contributed by atoms with Crippen molar-refractivity contribution in [3.05, 3.63) is 18.0 Å². The zero-order chi connectivity index (χ0) is 16.8. The SMILES string of the molecule is CCCSc1ncc(CN2CCN[C@@H](C(=O)N3CCCC3)C2)cn1. The van der Waals surface area contributed by atoms with Gasteiger partial charge in [-0.2, -0.15) is 0 Å². The lowest BCUT2D eigenvalue weighted by atomic mass is 10.1. The fourth-order valence-electron chi connectivity index (χ4n) is 3.23. The predicted octanol–water partition coefficient (Wildman–Crippen LogP) is 1.37. The van der Waals surface area contributed by atoms with E-state index < -0.39 is 0 Å². The molecule has 3 heterocycles. The molecular weight excluding hydrogens is 322 g/mol. The lowest BCUT2D eigenvalue weighted by Gasteiger charge is -2.34. The third kappa shape index (κ3) is 4.68. The van der Waals surface area contributed by atoms with Crippen LogP contribution in [0.3, 0.4) is 0 Å². The average molecular weight is 350 g/mol. The largest absolute Gasteiger partial charge is 0.341 e. The van der Waals surface area contributed by atoms with Gasteiger partial charge in [-0.3, -0.25) is 9.69 Å². The predicted molar refractivity (Wildman–Crippen MR) is 95.9 cm³/mol. The number of nitrogens with zero attached hydrogens (tertiary/aromatic N) is 4. The molecule has 1 aromatic rings. The van der Waals surface area contributed by atoms with Gasteiger partial charge in [0.2, 0.25) is 5.91 Å². The first-order valence-corrected chi connectivity index (χ1v) is 9.93. The standard InChI is InChI=1S/C17H27N5OS/c1-2-9-24-17-19-10-14(11-20-17)12-21-8-5-18-15(13-21)16(23)22-6-3-4-7-22/h10-11,15,18H,2-9,12-13H2,1H3/t15-/m1/s1. The van der Waals surface area contributed by atoms with E-state index in [4.69, 9.17) is 0 Å². The van der Waals surface area contributed by atoms with Crippen molar-refractivity contribution in [3.63, 3.8) is 0 Å². The molecule has 0 saturated carbocycles. The van der Waals surface area contributed by atoms with Gasteiger partial charge < -0.3 is 10.2 Å². The van der Waals surface area contributed by atoms with E-state index in [1.807, 2.05) is 17.3 Å². The summed E-state index contributed by atoms with van der Waals surface area (Å²) < 4.78 is 0. The molecule has 1 aromatic heterocycles. The minimum atomic E-state index is -0.0721. The summed E-state index contributed by atoms with van der Waals surface area (Å²) in [6, 6.07) is -0.0721. The second-order valence-corrected chi connectivity index (χ2v) is 7.56. The summed E-state index contributed by atoms with van der Waals surface area (Å²) in [6.07, 6.45) is 7.25. The van der Waals surface area contributed by atoms with Crippen LogP contribution in [0.25, 0.3) is 0 Å². The molecule has 1 N–H and O–H groups in total. The lowest BCUT2D eigenvalue weighted by molar-refractivity contribution is -0.133. The van der Waals surface area contributed by atoms with Crippen molar-refractivity contribution in [1.29, 1.82) is 0 Å². The number of likely N-dealkylation sites (tertiary alicyclic amines) is 1. The topological polar surface area (TPSA) is 61.4 Å². The molecule has 6 nitrogen and oxygen atoms in total. The summed E-state index contributed by atoms with van der Waals surface area (Å²) in [5.74, 6) is 1.32. The monoisotopic (exact) mass is 349 g/mol. The fourth-order valence-corrected chi connectivity index (χ4v) is 3.87. The molecule has 3 rings (SSSR count). The van der Waals surface area contributed by atoms with Gasteiger partial charge in [-0.15, -0.1) is 0 Å². The Labute approximate surface area is 148 Å². The van der Waals surface area contributed by atoms with Crippen molar-refractivity contribution >= 4 is 17.7 Å². The van der Waals surface area contributed by atoms with Crippen LogP contribution in [0.15, 0.2) is 17.6 Å². The second-order valence-electron chi connectivity index (χ2n) is 6.50. The minimum Gasteiger partial charge on any atom is -0.341 e. The van der Waals surface area contributed by atoms with E-state index in [-0.39, 0.29) is 11.9 Å². The van der Waals surface area contributed by atoms with Crippen LogP contribution >= 0.6 is 11.8 Å². The van der Waals surface area contributed by atoms with Crippen molar-refractivity contribution in [3.8, 4) is 0 Å². The maximum absolute atomic E-state index is 12.6. The number of hydrogen-bond donors (Lipinski definition) is 1. The number of piperazine rings is 1. The Kier molecular flexibility index (Phi) is 6.45. The Hall–Kier alpha value is -1.18. The highest BCUT2D eigenvalue weighted by Crippen LogP contribution is 2.15. The van der Waals surface area contributed by atoms with Crippen LogP contribution in [-0.2, 0) is 11.3 Å². The highest BCUT2D eigenvalue weighted by Gasteiger charge is 2.30. The van der Waals surface area contributed by atoms with Gasteiger partial charge in [0.25, 0.3) is 0 Å². The molecule has 2 saturated heterocycles. The molecule has 1 amide bonds. The van der Waals surface area contributed by atoms with Crippen molar-refractivity contribution in [1.82, 2.24) is 25.1 Å². The molecule has 2 fully saturated rings. The first-order chi connectivity index (χ1) is 11.8. The molecule has 0 bridgehead atoms. The molecule has 24 heavy (non-hydrogen) atoms. The van der Waals surface area contributed by atoms with Crippen molar-refractivity contribution in [2.24, 2.45) is 0 Å². The van der Waals surface area contributed by atoms with Gasteiger partial charge in [-0.05, 0) is 19.3 Å². The highest BCUT2D eigenvalue weighted by molar-refractivity contribution is 7.99. The van der Waals surface area contributed by atoms with Crippen LogP contribution in [0.4, 0.5) is 0 Å². The number of rotatable bonds is 6. The summed E-state index contributed by atoms with van der Waals surface area (Å²) in [5.41, 5.74) is 1.12. The summed E-state index contributed by atoms with van der Waals surface area (Å²) in [7, 11) is 0. The first-order valence-electron chi connectivity index (χ1n) is 8.94. The lowest BCUT2D eigenvalue weighted by Crippen LogP contribution is -2.57. The molecule has 2 aliphatic rings. The van der Waals surface area contributed by atoms with E-state index in [9.17, 15) is 4.79 Å². The second kappa shape index (κ2) is 8.78. The van der Waals surface area contributed by atoms with Gasteiger partial charge in [-0.25, -0.2) is 9.97 Å². The molecule has 0 radical (unpaired) electrons. The van der Waals surface area contributed by atoms with E-state index in [2.05, 4.69) is 27.1 Å². The van der Waals surface area contributed by atoms with Gasteiger partial charge in [-0.1, -0.05) is 18.7 Å². The van der Waals surface area contributed by atoms with Crippen molar-refractivity contribution < 1.29 is 4.79 Å². The molecule has 0 aromatic carbocycles. The molecule has 0 aliphatic carbocycles. The number of carbonyl (C=O) groups is 1. The molecule has 0 spiro atoms. The van der Waals surface area contributed by atoms with Gasteiger partial charge in [0, 0.05) is 63.0 Å². The molecule has 132 valence electrons. The number of carbonyl (C=O) groups excluding carboxylic acids is 1. The number of thioether (sulfide) groups is 1. The highest BCUT2D eigenvalue weighted by atomic mass is 32.2. The van der Waals surface area contributed by atoms with Crippen molar-refractivity contribution in [2.45, 2.75) is 43.9 Å². The summed E-state index contributed by atoms with van der Waals surface area (Å²) in [5, 5.41) is 4.23. The summed E-state index contributed by atoms with van der Waals surface area (Å²) in [6.45, 7) is 7.38. The van der Waals surface area contributed by atoms with E-state index in [1.165, 1.54) is 0 Å². The van der Waals surface area contributed by atoms with E-state index >= 15 is 0 Å². The van der Waals surface area contributed by atoms with Crippen LogP contribution in [-0.4, -0.2) is 70.2 Å². The van der Waals surface area contributed by atoms with Crippen LogP contribution in [0.5, 0.6) is 0 Å². The van der Waals surface area contributed by atoms with Gasteiger partial charge in [0.1, 0.15) is 0 Å².